The predicted octanol–water partition coefficient (Wildman–Crippen LogP) is 12.9. The number of anilines is 4. The molecule has 256 valence electrons. The molecule has 48 heavy (non-hydrogen) atoms. The van der Waals surface area contributed by atoms with E-state index in [0.29, 0.717) is 61.7 Å². The van der Waals surface area contributed by atoms with E-state index in [4.69, 9.17) is 60.6 Å². The topological polar surface area (TPSA) is 68.8 Å². The predicted molar refractivity (Wildman–Crippen MR) is 201 cm³/mol. The first-order valence-electron chi connectivity index (χ1n) is 16.3. The van der Waals surface area contributed by atoms with Crippen LogP contribution >= 0.6 is 46.4 Å². The Morgan fingerprint density at radius 2 is 0.979 bits per heavy atom. The van der Waals surface area contributed by atoms with Crippen molar-refractivity contribution in [2.24, 2.45) is 0 Å². The van der Waals surface area contributed by atoms with Gasteiger partial charge in [-0.05, 0) is 67.8 Å². The minimum Gasteiger partial charge on any atom is -0.490 e. The van der Waals surface area contributed by atoms with E-state index in [0.717, 1.165) is 49.0 Å². The number of para-hydroxylation sites is 2. The number of hydrogen-bond acceptors (Lipinski definition) is 6. The van der Waals surface area contributed by atoms with Crippen molar-refractivity contribution in [3.05, 3.63) is 104 Å². The van der Waals surface area contributed by atoms with E-state index >= 15 is 0 Å². The monoisotopic (exact) mass is 730 g/mol. The van der Waals surface area contributed by atoms with Crippen molar-refractivity contribution in [3.63, 3.8) is 0 Å². The number of unbranched alkanes of at least 4 members (excludes halogenated alkanes) is 8. The van der Waals surface area contributed by atoms with Crippen LogP contribution in [0.2, 0.25) is 20.1 Å². The zero-order valence-corrected chi connectivity index (χ0v) is 30.4. The Balaban J connectivity index is 1.05. The zero-order valence-electron chi connectivity index (χ0n) is 27.4. The smallest absolute Gasteiger partial charge is 0.339 e. The molecule has 4 rings (SSSR count). The maximum absolute atomic E-state index is 12.1. The van der Waals surface area contributed by atoms with Crippen LogP contribution in [0.15, 0.2) is 72.8 Å². The van der Waals surface area contributed by atoms with Gasteiger partial charge in [-0.3, -0.25) is 0 Å². The van der Waals surface area contributed by atoms with Crippen LogP contribution in [-0.2, 0) is 4.74 Å². The number of halogens is 4. The molecule has 0 unspecified atom stereocenters. The van der Waals surface area contributed by atoms with Gasteiger partial charge in [0.1, 0.15) is 0 Å². The van der Waals surface area contributed by atoms with Crippen LogP contribution in [0.5, 0.6) is 11.5 Å². The van der Waals surface area contributed by atoms with Gasteiger partial charge in [-0.1, -0.05) is 122 Å². The third kappa shape index (κ3) is 11.4. The van der Waals surface area contributed by atoms with Gasteiger partial charge in [0.2, 0.25) is 0 Å². The SMILES string of the molecule is COC(=O)c1ccccc1Nc1cc(Cl)c(OCCCCCCCCCCCOc2c(Cl)cc(Nc3ccccc3C)cc2Cl)c(Cl)c1. The van der Waals surface area contributed by atoms with Crippen LogP contribution in [-0.4, -0.2) is 26.3 Å². The second-order valence-corrected chi connectivity index (χ2v) is 13.1. The first-order chi connectivity index (χ1) is 23.3. The fraction of sp³-hybridized carbons (Fsp3) is 0.342. The van der Waals surface area contributed by atoms with Crippen LogP contribution in [0.25, 0.3) is 0 Å². The Morgan fingerprint density at radius 1 is 0.583 bits per heavy atom. The summed E-state index contributed by atoms with van der Waals surface area (Å²) in [6.07, 6.45) is 9.98. The van der Waals surface area contributed by atoms with Crippen molar-refractivity contribution in [3.8, 4) is 11.5 Å². The highest BCUT2D eigenvalue weighted by atomic mass is 35.5. The molecule has 0 aliphatic heterocycles. The highest BCUT2D eigenvalue weighted by molar-refractivity contribution is 6.38. The molecular weight excluding hydrogens is 690 g/mol. The van der Waals surface area contributed by atoms with Gasteiger partial charge in [-0.15, -0.1) is 0 Å². The van der Waals surface area contributed by atoms with Crippen molar-refractivity contribution in [2.75, 3.05) is 31.0 Å². The van der Waals surface area contributed by atoms with E-state index in [9.17, 15) is 4.79 Å². The van der Waals surface area contributed by atoms with Crippen LogP contribution in [0.4, 0.5) is 22.7 Å². The number of methoxy groups -OCH3 is 1. The third-order valence-corrected chi connectivity index (χ3v) is 8.94. The molecule has 4 aromatic carbocycles. The van der Waals surface area contributed by atoms with E-state index in [2.05, 4.69) is 23.6 Å². The van der Waals surface area contributed by atoms with Gasteiger partial charge in [0.25, 0.3) is 0 Å². The molecule has 0 saturated carbocycles. The Hall–Kier alpha value is -3.29. The summed E-state index contributed by atoms with van der Waals surface area (Å²) in [4.78, 5) is 12.1. The number of nitrogens with one attached hydrogen (secondary N) is 2. The molecule has 0 bridgehead atoms. The number of ether oxygens (including phenoxy) is 3. The van der Waals surface area contributed by atoms with Crippen molar-refractivity contribution < 1.29 is 19.0 Å². The average Bonchev–Trinajstić information content (AvgIpc) is 3.06. The largest absolute Gasteiger partial charge is 0.490 e. The van der Waals surface area contributed by atoms with Crippen LogP contribution in [0.3, 0.4) is 0 Å². The normalized spacial score (nSPS) is 10.9. The van der Waals surface area contributed by atoms with Crippen molar-refractivity contribution in [1.82, 2.24) is 0 Å². The minimum atomic E-state index is -0.431. The van der Waals surface area contributed by atoms with Crippen molar-refractivity contribution in [2.45, 2.75) is 64.7 Å². The maximum Gasteiger partial charge on any atom is 0.339 e. The molecule has 0 heterocycles. The highest BCUT2D eigenvalue weighted by Gasteiger charge is 2.15. The Bertz CT molecular complexity index is 1600. The van der Waals surface area contributed by atoms with Crippen molar-refractivity contribution >= 4 is 75.1 Å². The lowest BCUT2D eigenvalue weighted by molar-refractivity contribution is 0.0602. The van der Waals surface area contributed by atoms with E-state index in [1.807, 2.05) is 36.4 Å². The molecule has 0 atom stereocenters. The molecule has 4 aromatic rings. The summed E-state index contributed by atoms with van der Waals surface area (Å²) in [6.45, 7) is 3.17. The lowest BCUT2D eigenvalue weighted by atomic mass is 10.1. The van der Waals surface area contributed by atoms with Gasteiger partial charge < -0.3 is 24.8 Å². The summed E-state index contributed by atoms with van der Waals surface area (Å²) in [7, 11) is 1.35. The standard InChI is InChI=1S/C38H42Cl4N2O4/c1-26-16-10-12-18-34(26)43-27-22-30(39)36(31(40)23-27)47-20-14-8-6-4-3-5-7-9-15-21-48-37-32(41)24-28(25-33(37)42)44-35-19-13-11-17-29(35)38(45)46-2/h10-13,16-19,22-25,43-44H,3-9,14-15,20-21H2,1-2H3. The second-order valence-electron chi connectivity index (χ2n) is 11.5. The minimum absolute atomic E-state index is 0.404. The molecule has 6 nitrogen and oxygen atoms in total. The third-order valence-electron chi connectivity index (χ3n) is 7.81. The first-order valence-corrected chi connectivity index (χ1v) is 17.8. The van der Waals surface area contributed by atoms with Crippen LogP contribution in [0.1, 0.15) is 73.7 Å². The molecule has 2 N–H and O–H groups in total. The van der Waals surface area contributed by atoms with E-state index in [1.54, 1.807) is 30.3 Å². The Labute approximate surface area is 304 Å². The molecule has 0 saturated heterocycles. The molecule has 0 amide bonds. The summed E-state index contributed by atoms with van der Waals surface area (Å²) >= 11 is 26.0. The number of carbonyl (C=O) groups excluding carboxylic acids is 1. The summed E-state index contributed by atoms with van der Waals surface area (Å²) in [5.74, 6) is 0.569. The van der Waals surface area contributed by atoms with Gasteiger partial charge in [-0.2, -0.15) is 0 Å². The molecule has 0 aliphatic rings. The summed E-state index contributed by atoms with van der Waals surface area (Å²) < 4.78 is 16.7. The van der Waals surface area contributed by atoms with Gasteiger partial charge in [0.05, 0.1) is 51.7 Å². The number of benzene rings is 4. The van der Waals surface area contributed by atoms with Crippen LogP contribution in [0, 0.1) is 6.92 Å². The number of aryl methyl sites for hydroxylation is 1. The second kappa shape index (κ2) is 19.6. The summed E-state index contributed by atoms with van der Waals surface area (Å²) in [5, 5.41) is 8.36. The fourth-order valence-corrected chi connectivity index (χ4v) is 6.43. The highest BCUT2D eigenvalue weighted by Crippen LogP contribution is 2.38. The quantitative estimate of drug-likeness (QED) is 0.0739. The average molecular weight is 733 g/mol. The van der Waals surface area contributed by atoms with E-state index < -0.39 is 5.97 Å². The molecule has 10 heteroatoms. The molecule has 0 aliphatic carbocycles. The number of carbonyl (C=O) groups is 1. The molecule has 0 spiro atoms. The molecule has 0 radical (unpaired) electrons. The number of esters is 1. The zero-order chi connectivity index (χ0) is 34.3. The summed E-state index contributed by atoms with van der Waals surface area (Å²) in [5.41, 5.74) is 4.64. The Kier molecular flexibility index (Phi) is 15.4. The van der Waals surface area contributed by atoms with Gasteiger partial charge in [0.15, 0.2) is 11.5 Å². The van der Waals surface area contributed by atoms with Gasteiger partial charge in [0, 0.05) is 17.1 Å². The fourth-order valence-electron chi connectivity index (χ4n) is 5.23. The van der Waals surface area contributed by atoms with E-state index in [-0.39, 0.29) is 0 Å². The first kappa shape index (κ1) is 37.5. The maximum atomic E-state index is 12.1. The van der Waals surface area contributed by atoms with Crippen LogP contribution < -0.4 is 20.1 Å². The number of rotatable bonds is 19. The van der Waals surface area contributed by atoms with Gasteiger partial charge >= 0.3 is 5.97 Å². The van der Waals surface area contributed by atoms with Gasteiger partial charge in [-0.25, -0.2) is 4.79 Å². The lowest BCUT2D eigenvalue weighted by Crippen LogP contribution is -2.05. The number of hydrogen-bond donors (Lipinski definition) is 2. The Morgan fingerprint density at radius 3 is 1.44 bits per heavy atom. The molecule has 0 fully saturated rings. The molecular formula is C38H42Cl4N2O4. The van der Waals surface area contributed by atoms with Crippen molar-refractivity contribution in [1.29, 1.82) is 0 Å². The lowest BCUT2D eigenvalue weighted by Gasteiger charge is -2.14. The summed E-state index contributed by atoms with van der Waals surface area (Å²) in [6, 6.07) is 22.3. The molecule has 0 aromatic heterocycles. The van der Waals surface area contributed by atoms with E-state index in [1.165, 1.54) is 32.8 Å².